The van der Waals surface area contributed by atoms with Gasteiger partial charge in [-0.25, -0.2) is 8.78 Å². The Morgan fingerprint density at radius 3 is 2.63 bits per heavy atom. The number of benzene rings is 1. The number of carbonyl (C=O) groups excluding carboxylic acids is 2. The van der Waals surface area contributed by atoms with E-state index in [2.05, 4.69) is 11.9 Å². The molecule has 0 fully saturated rings. The summed E-state index contributed by atoms with van der Waals surface area (Å²) in [6, 6.07) is 1.13. The fourth-order valence-electron chi connectivity index (χ4n) is 4.09. The molecule has 2 heterocycles. The van der Waals surface area contributed by atoms with Crippen LogP contribution in [0.15, 0.2) is 35.8 Å². The van der Waals surface area contributed by atoms with Crippen molar-refractivity contribution in [3.63, 3.8) is 0 Å². The molecule has 3 rings (SSSR count). The minimum atomic E-state index is -1.07. The van der Waals surface area contributed by atoms with E-state index in [-0.39, 0.29) is 36.7 Å². The zero-order chi connectivity index (χ0) is 26.0. The molecule has 1 aliphatic rings. The maximum atomic E-state index is 14.2. The molecule has 0 radical (unpaired) electrons. The highest BCUT2D eigenvalue weighted by atomic mass is 35.5. The van der Waals surface area contributed by atoms with Crippen molar-refractivity contribution in [3.8, 4) is 5.75 Å². The third-order valence-electron chi connectivity index (χ3n) is 6.08. The second-order valence-corrected chi connectivity index (χ2v) is 8.96. The summed E-state index contributed by atoms with van der Waals surface area (Å²) < 4.78 is 28.9. The van der Waals surface area contributed by atoms with E-state index in [1.165, 1.54) is 21.7 Å². The second-order valence-electron chi connectivity index (χ2n) is 8.58. The molecule has 0 bridgehead atoms. The minimum Gasteiger partial charge on any atom is -0.503 e. The molecule has 0 saturated carbocycles. The quantitative estimate of drug-likeness (QED) is 0.374. The number of nitrogens with zero attached hydrogens (tertiary/aromatic N) is 2. The number of aromatic hydroxyl groups is 1. The van der Waals surface area contributed by atoms with Crippen molar-refractivity contribution in [1.82, 2.24) is 14.8 Å². The Kier molecular flexibility index (Phi) is 7.97. The maximum Gasteiger partial charge on any atom is 0.275 e. The van der Waals surface area contributed by atoms with E-state index < -0.39 is 63.8 Å². The number of fused-ring (bicyclic) bond motifs is 1. The summed E-state index contributed by atoms with van der Waals surface area (Å²) in [5.74, 6) is -4.50. The smallest absolute Gasteiger partial charge is 0.275 e. The Balaban J connectivity index is 2.00. The van der Waals surface area contributed by atoms with Crippen LogP contribution >= 0.6 is 11.6 Å². The molecular weight excluding hydrogens is 484 g/mol. The summed E-state index contributed by atoms with van der Waals surface area (Å²) in [7, 11) is 0. The largest absolute Gasteiger partial charge is 0.503 e. The van der Waals surface area contributed by atoms with Crippen LogP contribution in [-0.2, 0) is 6.54 Å². The molecule has 2 amide bonds. The van der Waals surface area contributed by atoms with Gasteiger partial charge in [0.25, 0.3) is 11.8 Å². The number of carbonyl (C=O) groups is 2. The molecule has 0 saturated heterocycles. The van der Waals surface area contributed by atoms with Crippen molar-refractivity contribution in [1.29, 1.82) is 0 Å². The Labute approximate surface area is 205 Å². The number of nitrogens with one attached hydrogen (secondary N) is 1. The highest BCUT2D eigenvalue weighted by molar-refractivity contribution is 6.30. The molecular formula is C24H26ClF2N3O5. The summed E-state index contributed by atoms with van der Waals surface area (Å²) in [4.78, 5) is 40.3. The lowest BCUT2D eigenvalue weighted by molar-refractivity contribution is 0.0550. The van der Waals surface area contributed by atoms with Gasteiger partial charge in [0.05, 0.1) is 12.1 Å². The first-order valence-corrected chi connectivity index (χ1v) is 11.3. The van der Waals surface area contributed by atoms with Gasteiger partial charge in [0.2, 0.25) is 5.43 Å². The average molecular weight is 510 g/mol. The summed E-state index contributed by atoms with van der Waals surface area (Å²) in [5, 5.41) is 21.7. The van der Waals surface area contributed by atoms with E-state index in [9.17, 15) is 33.4 Å². The van der Waals surface area contributed by atoms with Crippen molar-refractivity contribution in [3.05, 3.63) is 74.7 Å². The molecule has 1 aliphatic heterocycles. The standard InChI is InChI=1S/C24H26ClF2N3O5/c1-4-14(7-8-31)29-11-17(12(2)3)30-10-15(21(32)22(33)20(30)24(29)35)23(34)28-9-13-5-6-16(26)18(25)19(13)27/h4-6,10,12,14,17,31,33H,1,7-9,11H2,2-3H3,(H,28,34)/t14-,17-/m0/s1. The van der Waals surface area contributed by atoms with E-state index >= 15 is 0 Å². The van der Waals surface area contributed by atoms with Crippen LogP contribution in [0.25, 0.3) is 0 Å². The van der Waals surface area contributed by atoms with Gasteiger partial charge in [-0.05, 0) is 18.4 Å². The van der Waals surface area contributed by atoms with Gasteiger partial charge in [-0.2, -0.15) is 0 Å². The van der Waals surface area contributed by atoms with Crippen LogP contribution in [0.2, 0.25) is 5.02 Å². The molecule has 35 heavy (non-hydrogen) atoms. The molecule has 11 heteroatoms. The van der Waals surface area contributed by atoms with E-state index in [4.69, 9.17) is 11.6 Å². The highest BCUT2D eigenvalue weighted by Gasteiger charge is 2.38. The summed E-state index contributed by atoms with van der Waals surface area (Å²) >= 11 is 5.56. The SMILES string of the molecule is C=C[C@@H](CCO)N1C[C@@H](C(C)C)n2cc(C(=O)NCc3ccc(F)c(Cl)c3F)c(=O)c(O)c2C1=O. The van der Waals surface area contributed by atoms with Crippen LogP contribution in [-0.4, -0.2) is 50.7 Å². The predicted molar refractivity (Wildman–Crippen MR) is 126 cm³/mol. The van der Waals surface area contributed by atoms with Crippen LogP contribution in [0.5, 0.6) is 5.75 Å². The third-order valence-corrected chi connectivity index (χ3v) is 6.43. The van der Waals surface area contributed by atoms with Gasteiger partial charge in [-0.3, -0.25) is 14.4 Å². The first-order valence-electron chi connectivity index (χ1n) is 11.0. The van der Waals surface area contributed by atoms with Crippen molar-refractivity contribution < 1.29 is 28.6 Å². The molecule has 0 unspecified atom stereocenters. The van der Waals surface area contributed by atoms with Crippen molar-refractivity contribution in [2.45, 2.75) is 38.9 Å². The van der Waals surface area contributed by atoms with E-state index in [0.717, 1.165) is 12.1 Å². The predicted octanol–water partition coefficient (Wildman–Crippen LogP) is 3.01. The van der Waals surface area contributed by atoms with Gasteiger partial charge in [-0.1, -0.05) is 37.6 Å². The van der Waals surface area contributed by atoms with Crippen LogP contribution in [0.3, 0.4) is 0 Å². The first kappa shape index (κ1) is 26.4. The number of halogens is 3. The van der Waals surface area contributed by atoms with Crippen LogP contribution < -0.4 is 10.7 Å². The molecule has 1 aromatic heterocycles. The molecule has 2 aromatic rings. The zero-order valence-corrected chi connectivity index (χ0v) is 20.0. The summed E-state index contributed by atoms with van der Waals surface area (Å²) in [5.41, 5.74) is -1.88. The minimum absolute atomic E-state index is 0.0720. The molecule has 1 aromatic carbocycles. The Morgan fingerprint density at radius 2 is 2.03 bits per heavy atom. The van der Waals surface area contributed by atoms with Crippen LogP contribution in [0.4, 0.5) is 8.78 Å². The number of amides is 2. The number of rotatable bonds is 8. The lowest BCUT2D eigenvalue weighted by atomic mass is 9.96. The number of hydrogen-bond acceptors (Lipinski definition) is 5. The fraction of sp³-hybridized carbons (Fsp3) is 0.375. The third kappa shape index (κ3) is 4.94. The van der Waals surface area contributed by atoms with E-state index in [0.29, 0.717) is 0 Å². The van der Waals surface area contributed by atoms with Crippen molar-refractivity contribution in [2.75, 3.05) is 13.2 Å². The molecule has 0 aliphatic carbocycles. The van der Waals surface area contributed by atoms with Crippen molar-refractivity contribution in [2.24, 2.45) is 5.92 Å². The summed E-state index contributed by atoms with van der Waals surface area (Å²) in [6.45, 7) is 7.09. The van der Waals surface area contributed by atoms with Gasteiger partial charge in [0.1, 0.15) is 22.2 Å². The van der Waals surface area contributed by atoms with Gasteiger partial charge >= 0.3 is 0 Å². The Bertz CT molecular complexity index is 1230. The lowest BCUT2D eigenvalue weighted by Crippen LogP contribution is -2.50. The average Bonchev–Trinajstić information content (AvgIpc) is 2.82. The van der Waals surface area contributed by atoms with E-state index in [1.807, 2.05) is 13.8 Å². The lowest BCUT2D eigenvalue weighted by Gasteiger charge is -2.41. The molecule has 2 atom stereocenters. The monoisotopic (exact) mass is 509 g/mol. The Hall–Kier alpha value is -3.24. The molecule has 0 spiro atoms. The Morgan fingerprint density at radius 1 is 1.34 bits per heavy atom. The molecule has 8 nitrogen and oxygen atoms in total. The molecule has 188 valence electrons. The van der Waals surface area contributed by atoms with Gasteiger partial charge in [0.15, 0.2) is 11.4 Å². The van der Waals surface area contributed by atoms with Gasteiger partial charge in [0, 0.05) is 31.5 Å². The van der Waals surface area contributed by atoms with Gasteiger partial charge < -0.3 is 25.0 Å². The number of pyridine rings is 1. The number of aromatic nitrogens is 1. The number of hydrogen-bond donors (Lipinski definition) is 3. The molecule has 3 N–H and O–H groups in total. The van der Waals surface area contributed by atoms with Gasteiger partial charge in [-0.15, -0.1) is 6.58 Å². The first-order chi connectivity index (χ1) is 16.5. The highest BCUT2D eigenvalue weighted by Crippen LogP contribution is 2.32. The van der Waals surface area contributed by atoms with E-state index in [1.54, 1.807) is 0 Å². The summed E-state index contributed by atoms with van der Waals surface area (Å²) in [6.07, 6.45) is 2.95. The normalized spacial score (nSPS) is 16.3. The zero-order valence-electron chi connectivity index (χ0n) is 19.2. The topological polar surface area (TPSA) is 112 Å². The maximum absolute atomic E-state index is 14.2. The number of aliphatic hydroxyl groups is 1. The number of aliphatic hydroxyl groups excluding tert-OH is 1. The van der Waals surface area contributed by atoms with Crippen LogP contribution in [0, 0.1) is 17.6 Å². The van der Waals surface area contributed by atoms with Crippen molar-refractivity contribution >= 4 is 23.4 Å². The van der Waals surface area contributed by atoms with Crippen LogP contribution in [0.1, 0.15) is 52.7 Å². The second kappa shape index (κ2) is 10.6. The fourth-order valence-corrected chi connectivity index (χ4v) is 4.27.